The average molecular weight is 286 g/mol. The molecule has 0 aliphatic rings. The Balaban J connectivity index is 1.84. The number of nitrogens with one attached hydrogen (secondary N) is 1. The number of ether oxygens (including phenoxy) is 1. The lowest BCUT2D eigenvalue weighted by Crippen LogP contribution is -2.11. The minimum absolute atomic E-state index is 0.300. The molecule has 0 aliphatic carbocycles. The van der Waals surface area contributed by atoms with Crippen LogP contribution in [0.25, 0.3) is 5.65 Å². The maximum atomic E-state index is 11.8. The third-order valence-corrected chi connectivity index (χ3v) is 2.87. The molecule has 3 heterocycles. The van der Waals surface area contributed by atoms with E-state index < -0.39 is 5.97 Å². The van der Waals surface area contributed by atoms with Crippen LogP contribution >= 0.6 is 0 Å². The maximum Gasteiger partial charge on any atom is 0.358 e. The average Bonchev–Trinajstić information content (AvgIpc) is 3.14. The number of aromatic nitrogens is 3. The SMILES string of the molecule is CCOC(=O)c1cnc2ccc(NCc3ccco3)nn12. The zero-order valence-corrected chi connectivity index (χ0v) is 11.4. The molecule has 0 radical (unpaired) electrons. The van der Waals surface area contributed by atoms with Gasteiger partial charge in [-0.25, -0.2) is 14.3 Å². The Hall–Kier alpha value is -2.83. The predicted molar refractivity (Wildman–Crippen MR) is 75.0 cm³/mol. The Morgan fingerprint density at radius 1 is 1.43 bits per heavy atom. The second-order valence-electron chi connectivity index (χ2n) is 4.29. The molecule has 0 atom stereocenters. The van der Waals surface area contributed by atoms with E-state index in [0.29, 0.717) is 30.3 Å². The summed E-state index contributed by atoms with van der Waals surface area (Å²) in [6, 6.07) is 7.26. The molecule has 7 heteroatoms. The summed E-state index contributed by atoms with van der Waals surface area (Å²) in [5.41, 5.74) is 0.884. The second kappa shape index (κ2) is 5.66. The zero-order valence-electron chi connectivity index (χ0n) is 11.4. The smallest absolute Gasteiger partial charge is 0.358 e. The summed E-state index contributed by atoms with van der Waals surface area (Å²) < 4.78 is 11.7. The highest BCUT2D eigenvalue weighted by atomic mass is 16.5. The number of carbonyl (C=O) groups excluding carboxylic acids is 1. The Labute approximate surface area is 120 Å². The van der Waals surface area contributed by atoms with Gasteiger partial charge in [0.05, 0.1) is 25.6 Å². The summed E-state index contributed by atoms with van der Waals surface area (Å²) in [5.74, 6) is 0.969. The number of esters is 1. The number of hydrogen-bond donors (Lipinski definition) is 1. The molecule has 0 spiro atoms. The Morgan fingerprint density at radius 3 is 3.10 bits per heavy atom. The summed E-state index contributed by atoms with van der Waals surface area (Å²) in [6.07, 6.45) is 3.07. The molecule has 108 valence electrons. The van der Waals surface area contributed by atoms with Crippen molar-refractivity contribution in [3.8, 4) is 0 Å². The Bertz CT molecular complexity index is 749. The fraction of sp³-hybridized carbons (Fsp3) is 0.214. The number of rotatable bonds is 5. The molecule has 3 aromatic heterocycles. The minimum Gasteiger partial charge on any atom is -0.467 e. The number of carbonyl (C=O) groups is 1. The maximum absolute atomic E-state index is 11.8. The number of fused-ring (bicyclic) bond motifs is 1. The van der Waals surface area contributed by atoms with Crippen molar-refractivity contribution in [2.75, 3.05) is 11.9 Å². The first kappa shape index (κ1) is 13.2. The van der Waals surface area contributed by atoms with Crippen molar-refractivity contribution in [2.24, 2.45) is 0 Å². The molecule has 0 fully saturated rings. The van der Waals surface area contributed by atoms with Crippen LogP contribution in [-0.4, -0.2) is 27.2 Å². The number of nitrogens with zero attached hydrogens (tertiary/aromatic N) is 3. The summed E-state index contributed by atoms with van der Waals surface area (Å²) in [7, 11) is 0. The summed E-state index contributed by atoms with van der Waals surface area (Å²) in [6.45, 7) is 2.57. The van der Waals surface area contributed by atoms with E-state index in [-0.39, 0.29) is 0 Å². The lowest BCUT2D eigenvalue weighted by Gasteiger charge is -2.05. The van der Waals surface area contributed by atoms with Crippen LogP contribution in [0.5, 0.6) is 0 Å². The first-order chi connectivity index (χ1) is 10.3. The van der Waals surface area contributed by atoms with Gasteiger partial charge in [-0.05, 0) is 31.2 Å². The predicted octanol–water partition coefficient (Wildman–Crippen LogP) is 2.11. The minimum atomic E-state index is -0.444. The highest BCUT2D eigenvalue weighted by Crippen LogP contribution is 2.11. The molecule has 0 saturated heterocycles. The number of hydrogen-bond acceptors (Lipinski definition) is 6. The van der Waals surface area contributed by atoms with Crippen molar-refractivity contribution in [3.63, 3.8) is 0 Å². The molecule has 1 N–H and O–H groups in total. The molecule has 0 amide bonds. The molecule has 21 heavy (non-hydrogen) atoms. The van der Waals surface area contributed by atoms with Crippen LogP contribution in [-0.2, 0) is 11.3 Å². The van der Waals surface area contributed by atoms with Crippen molar-refractivity contribution in [2.45, 2.75) is 13.5 Å². The van der Waals surface area contributed by atoms with Gasteiger partial charge in [0.15, 0.2) is 11.3 Å². The van der Waals surface area contributed by atoms with Crippen LogP contribution in [0.1, 0.15) is 23.2 Å². The number of furan rings is 1. The lowest BCUT2D eigenvalue weighted by atomic mass is 10.4. The molecular weight excluding hydrogens is 272 g/mol. The second-order valence-corrected chi connectivity index (χ2v) is 4.29. The van der Waals surface area contributed by atoms with Crippen molar-refractivity contribution >= 4 is 17.4 Å². The van der Waals surface area contributed by atoms with Gasteiger partial charge in [0.25, 0.3) is 0 Å². The van der Waals surface area contributed by atoms with E-state index in [0.717, 1.165) is 5.76 Å². The third-order valence-electron chi connectivity index (χ3n) is 2.87. The summed E-state index contributed by atoms with van der Waals surface area (Å²) in [4.78, 5) is 15.9. The van der Waals surface area contributed by atoms with Crippen LogP contribution in [0, 0.1) is 0 Å². The highest BCUT2D eigenvalue weighted by Gasteiger charge is 2.14. The summed E-state index contributed by atoms with van der Waals surface area (Å²) >= 11 is 0. The van der Waals surface area contributed by atoms with Gasteiger partial charge in [0.2, 0.25) is 0 Å². The zero-order chi connectivity index (χ0) is 14.7. The fourth-order valence-electron chi connectivity index (χ4n) is 1.90. The van der Waals surface area contributed by atoms with E-state index in [2.05, 4.69) is 15.4 Å². The molecule has 3 rings (SSSR count). The van der Waals surface area contributed by atoms with Gasteiger partial charge in [0, 0.05) is 0 Å². The van der Waals surface area contributed by atoms with E-state index >= 15 is 0 Å². The largest absolute Gasteiger partial charge is 0.467 e. The third kappa shape index (κ3) is 2.71. The lowest BCUT2D eigenvalue weighted by molar-refractivity contribution is 0.0517. The normalized spacial score (nSPS) is 10.7. The van der Waals surface area contributed by atoms with Gasteiger partial charge in [0.1, 0.15) is 11.6 Å². The van der Waals surface area contributed by atoms with E-state index in [1.165, 1.54) is 10.7 Å². The van der Waals surface area contributed by atoms with E-state index in [1.54, 1.807) is 25.3 Å². The molecule has 7 nitrogen and oxygen atoms in total. The topological polar surface area (TPSA) is 81.7 Å². The van der Waals surface area contributed by atoms with Crippen molar-refractivity contribution in [1.82, 2.24) is 14.6 Å². The molecule has 0 bridgehead atoms. The molecule has 0 unspecified atom stereocenters. The van der Waals surface area contributed by atoms with Gasteiger partial charge < -0.3 is 14.5 Å². The van der Waals surface area contributed by atoms with Crippen molar-refractivity contribution < 1.29 is 13.9 Å². The number of anilines is 1. The van der Waals surface area contributed by atoms with E-state index in [9.17, 15) is 4.79 Å². The first-order valence-electron chi connectivity index (χ1n) is 6.56. The molecule has 0 saturated carbocycles. The monoisotopic (exact) mass is 286 g/mol. The fourth-order valence-corrected chi connectivity index (χ4v) is 1.90. The van der Waals surface area contributed by atoms with Gasteiger partial charge in [-0.15, -0.1) is 5.10 Å². The van der Waals surface area contributed by atoms with Gasteiger partial charge >= 0.3 is 5.97 Å². The van der Waals surface area contributed by atoms with Gasteiger partial charge in [-0.2, -0.15) is 0 Å². The first-order valence-corrected chi connectivity index (χ1v) is 6.56. The quantitative estimate of drug-likeness (QED) is 0.723. The van der Waals surface area contributed by atoms with Crippen molar-refractivity contribution in [3.05, 3.63) is 48.2 Å². The van der Waals surface area contributed by atoms with Crippen LogP contribution in [0.4, 0.5) is 5.82 Å². The van der Waals surface area contributed by atoms with E-state index in [4.69, 9.17) is 9.15 Å². The van der Waals surface area contributed by atoms with E-state index in [1.807, 2.05) is 12.1 Å². The van der Waals surface area contributed by atoms with Crippen LogP contribution in [0.3, 0.4) is 0 Å². The molecule has 0 aliphatic heterocycles. The van der Waals surface area contributed by atoms with Crippen molar-refractivity contribution in [1.29, 1.82) is 0 Å². The molecule has 0 aromatic carbocycles. The Morgan fingerprint density at radius 2 is 2.33 bits per heavy atom. The van der Waals surface area contributed by atoms with Gasteiger partial charge in [-0.1, -0.05) is 0 Å². The highest BCUT2D eigenvalue weighted by molar-refractivity contribution is 5.88. The number of imidazole rings is 1. The molecular formula is C14H14N4O3. The standard InChI is InChI=1S/C14H14N4O3/c1-2-20-14(19)11-9-16-13-6-5-12(17-18(11)13)15-8-10-4-3-7-21-10/h3-7,9H,2,8H2,1H3,(H,15,17). The van der Waals surface area contributed by atoms with Gasteiger partial charge in [-0.3, -0.25) is 0 Å². The van der Waals surface area contributed by atoms with Crippen LogP contribution in [0.2, 0.25) is 0 Å². The summed E-state index contributed by atoms with van der Waals surface area (Å²) in [5, 5.41) is 7.46. The van der Waals surface area contributed by atoms with Crippen LogP contribution in [0.15, 0.2) is 41.1 Å². The molecule has 3 aromatic rings. The Kier molecular flexibility index (Phi) is 3.55. The van der Waals surface area contributed by atoms with Crippen LogP contribution < -0.4 is 5.32 Å².